The van der Waals surface area contributed by atoms with Crippen molar-refractivity contribution in [2.45, 2.75) is 25.8 Å². The van der Waals surface area contributed by atoms with E-state index in [4.69, 9.17) is 0 Å². The van der Waals surface area contributed by atoms with Crippen LogP contribution in [0.2, 0.25) is 0 Å². The number of amides is 3. The average molecular weight is 289 g/mol. The summed E-state index contributed by atoms with van der Waals surface area (Å²) in [5.41, 5.74) is 1.12. The van der Waals surface area contributed by atoms with Crippen LogP contribution in [0.25, 0.3) is 0 Å². The molecule has 0 spiro atoms. The maximum atomic E-state index is 11.9. The van der Waals surface area contributed by atoms with Crippen molar-refractivity contribution in [1.82, 2.24) is 10.2 Å². The number of hydrogen-bond acceptors (Lipinski definition) is 3. The van der Waals surface area contributed by atoms with Crippen molar-refractivity contribution < 1.29 is 14.4 Å². The predicted octanol–water partition coefficient (Wildman–Crippen LogP) is 1.63. The topological polar surface area (TPSA) is 78.5 Å². The van der Waals surface area contributed by atoms with Gasteiger partial charge in [-0.3, -0.25) is 9.59 Å². The molecule has 1 aromatic carbocycles. The van der Waals surface area contributed by atoms with Crippen LogP contribution >= 0.6 is 0 Å². The molecule has 1 atom stereocenters. The summed E-state index contributed by atoms with van der Waals surface area (Å²) in [5.74, 6) is 0.0501. The first-order valence-electron chi connectivity index (χ1n) is 6.88. The molecule has 0 saturated carbocycles. The second kappa shape index (κ2) is 6.39. The third-order valence-electron chi connectivity index (χ3n) is 3.49. The van der Waals surface area contributed by atoms with Crippen LogP contribution in [0.5, 0.6) is 0 Å². The fourth-order valence-electron chi connectivity index (χ4n) is 2.30. The zero-order chi connectivity index (χ0) is 15.4. The highest BCUT2D eigenvalue weighted by Crippen LogP contribution is 2.12. The van der Waals surface area contributed by atoms with Crippen molar-refractivity contribution in [1.29, 1.82) is 0 Å². The minimum absolute atomic E-state index is 0.0496. The van der Waals surface area contributed by atoms with Crippen LogP contribution in [-0.4, -0.2) is 42.3 Å². The van der Waals surface area contributed by atoms with Crippen LogP contribution in [-0.2, 0) is 4.79 Å². The van der Waals surface area contributed by atoms with Gasteiger partial charge in [0, 0.05) is 37.3 Å². The zero-order valence-corrected chi connectivity index (χ0v) is 12.2. The summed E-state index contributed by atoms with van der Waals surface area (Å²) < 4.78 is 0. The van der Waals surface area contributed by atoms with Crippen molar-refractivity contribution >= 4 is 23.4 Å². The molecule has 1 heterocycles. The van der Waals surface area contributed by atoms with Gasteiger partial charge in [0.25, 0.3) is 0 Å². The fraction of sp³-hybridized carbons (Fsp3) is 0.400. The number of likely N-dealkylation sites (tertiary alicyclic amines) is 1. The highest BCUT2D eigenvalue weighted by molar-refractivity contribution is 5.96. The third kappa shape index (κ3) is 4.05. The van der Waals surface area contributed by atoms with Crippen molar-refractivity contribution in [2.24, 2.45) is 0 Å². The third-order valence-corrected chi connectivity index (χ3v) is 3.49. The summed E-state index contributed by atoms with van der Waals surface area (Å²) in [6.45, 7) is 1.99. The number of nitrogens with one attached hydrogen (secondary N) is 2. The Morgan fingerprint density at radius 2 is 2.10 bits per heavy atom. The lowest BCUT2D eigenvalue weighted by Crippen LogP contribution is -2.49. The molecule has 1 fully saturated rings. The fourth-order valence-corrected chi connectivity index (χ4v) is 2.30. The van der Waals surface area contributed by atoms with Gasteiger partial charge in [-0.15, -0.1) is 0 Å². The maximum absolute atomic E-state index is 11.9. The van der Waals surface area contributed by atoms with E-state index in [1.807, 2.05) is 0 Å². The SMILES string of the molecule is CC(=O)c1cccc(NC(=O)NC2CCC(=O)N(C)C2)c1. The Bertz CT molecular complexity index is 571. The van der Waals surface area contributed by atoms with Gasteiger partial charge in [-0.1, -0.05) is 12.1 Å². The van der Waals surface area contributed by atoms with Crippen LogP contribution in [0.1, 0.15) is 30.1 Å². The lowest BCUT2D eigenvalue weighted by atomic mass is 10.1. The molecule has 112 valence electrons. The van der Waals surface area contributed by atoms with E-state index in [-0.39, 0.29) is 23.8 Å². The van der Waals surface area contributed by atoms with Gasteiger partial charge in [0.1, 0.15) is 0 Å². The van der Waals surface area contributed by atoms with Crippen LogP contribution < -0.4 is 10.6 Å². The van der Waals surface area contributed by atoms with Crippen LogP contribution in [0.3, 0.4) is 0 Å². The second-order valence-corrected chi connectivity index (χ2v) is 5.25. The lowest BCUT2D eigenvalue weighted by molar-refractivity contribution is -0.132. The number of nitrogens with zero attached hydrogens (tertiary/aromatic N) is 1. The summed E-state index contributed by atoms with van der Waals surface area (Å²) in [4.78, 5) is 36.2. The Labute approximate surface area is 123 Å². The summed E-state index contributed by atoms with van der Waals surface area (Å²) >= 11 is 0. The Balaban J connectivity index is 1.91. The number of likely N-dealkylation sites (N-methyl/N-ethyl adjacent to an activating group) is 1. The number of rotatable bonds is 3. The van der Waals surface area contributed by atoms with E-state index < -0.39 is 0 Å². The molecule has 3 amide bonds. The monoisotopic (exact) mass is 289 g/mol. The molecular weight excluding hydrogens is 270 g/mol. The van der Waals surface area contributed by atoms with E-state index in [0.29, 0.717) is 30.6 Å². The first kappa shape index (κ1) is 15.0. The molecule has 6 heteroatoms. The maximum Gasteiger partial charge on any atom is 0.319 e. The molecule has 21 heavy (non-hydrogen) atoms. The Morgan fingerprint density at radius 3 is 2.76 bits per heavy atom. The molecule has 0 radical (unpaired) electrons. The molecule has 1 aliphatic heterocycles. The van der Waals surface area contributed by atoms with Gasteiger partial charge in [-0.25, -0.2) is 4.79 Å². The first-order valence-corrected chi connectivity index (χ1v) is 6.88. The molecule has 0 aromatic heterocycles. The molecular formula is C15H19N3O3. The number of Topliss-reactive ketones (excluding diaryl/α,β-unsaturated/α-hetero) is 1. The first-order chi connectivity index (χ1) is 9.95. The number of benzene rings is 1. The van der Waals surface area contributed by atoms with Crippen LogP contribution in [0, 0.1) is 0 Å². The second-order valence-electron chi connectivity index (χ2n) is 5.25. The van der Waals surface area contributed by atoms with Gasteiger partial charge in [0.2, 0.25) is 5.91 Å². The Hall–Kier alpha value is -2.37. The molecule has 1 aromatic rings. The van der Waals surface area contributed by atoms with E-state index in [1.165, 1.54) is 6.92 Å². The number of hydrogen-bond donors (Lipinski definition) is 2. The largest absolute Gasteiger partial charge is 0.344 e. The summed E-state index contributed by atoms with van der Waals surface area (Å²) in [6, 6.07) is 6.40. The standard InChI is InChI=1S/C15H19N3O3/c1-10(19)11-4-3-5-12(8-11)16-15(21)17-13-6-7-14(20)18(2)9-13/h3-5,8,13H,6-7,9H2,1-2H3,(H2,16,17,21). The van der Waals surface area contributed by atoms with Gasteiger partial charge < -0.3 is 15.5 Å². The van der Waals surface area contributed by atoms with Crippen molar-refractivity contribution in [3.05, 3.63) is 29.8 Å². The Morgan fingerprint density at radius 1 is 1.33 bits per heavy atom. The minimum Gasteiger partial charge on any atom is -0.344 e. The molecule has 1 unspecified atom stereocenters. The van der Waals surface area contributed by atoms with E-state index in [2.05, 4.69) is 10.6 Å². The molecule has 1 aliphatic rings. The normalized spacial score (nSPS) is 18.3. The van der Waals surface area contributed by atoms with Crippen LogP contribution in [0.15, 0.2) is 24.3 Å². The molecule has 0 aliphatic carbocycles. The van der Waals surface area contributed by atoms with E-state index in [0.717, 1.165) is 0 Å². The number of ketones is 1. The molecule has 6 nitrogen and oxygen atoms in total. The van der Waals surface area contributed by atoms with E-state index >= 15 is 0 Å². The van der Waals surface area contributed by atoms with Gasteiger partial charge in [-0.2, -0.15) is 0 Å². The quantitative estimate of drug-likeness (QED) is 0.830. The molecule has 2 N–H and O–H groups in total. The minimum atomic E-state index is -0.330. The molecule has 1 saturated heterocycles. The van der Waals surface area contributed by atoms with E-state index in [9.17, 15) is 14.4 Å². The van der Waals surface area contributed by atoms with Crippen LogP contribution in [0.4, 0.5) is 10.5 Å². The Kier molecular flexibility index (Phi) is 4.57. The van der Waals surface area contributed by atoms with Gasteiger partial charge >= 0.3 is 6.03 Å². The van der Waals surface area contributed by atoms with E-state index in [1.54, 1.807) is 36.2 Å². The number of piperidine rings is 1. The highest BCUT2D eigenvalue weighted by atomic mass is 16.2. The summed E-state index contributed by atoms with van der Waals surface area (Å²) in [5, 5.41) is 5.54. The summed E-state index contributed by atoms with van der Waals surface area (Å²) in [6.07, 6.45) is 1.09. The van der Waals surface area contributed by atoms with Crippen molar-refractivity contribution in [2.75, 3.05) is 18.9 Å². The van der Waals surface area contributed by atoms with Crippen molar-refractivity contribution in [3.63, 3.8) is 0 Å². The molecule has 0 bridgehead atoms. The smallest absolute Gasteiger partial charge is 0.319 e. The lowest BCUT2D eigenvalue weighted by Gasteiger charge is -2.30. The van der Waals surface area contributed by atoms with Gasteiger partial charge in [-0.05, 0) is 25.5 Å². The summed E-state index contributed by atoms with van der Waals surface area (Å²) in [7, 11) is 1.73. The predicted molar refractivity (Wildman–Crippen MR) is 79.3 cm³/mol. The number of urea groups is 1. The van der Waals surface area contributed by atoms with Gasteiger partial charge in [0.05, 0.1) is 0 Å². The highest BCUT2D eigenvalue weighted by Gasteiger charge is 2.23. The number of carbonyl (C=O) groups is 3. The van der Waals surface area contributed by atoms with Gasteiger partial charge in [0.15, 0.2) is 5.78 Å². The average Bonchev–Trinajstić information content (AvgIpc) is 2.43. The zero-order valence-electron chi connectivity index (χ0n) is 12.2. The molecule has 2 rings (SSSR count). The van der Waals surface area contributed by atoms with Crippen molar-refractivity contribution in [3.8, 4) is 0 Å². The number of anilines is 1. The number of carbonyl (C=O) groups excluding carboxylic acids is 3.